The van der Waals surface area contributed by atoms with E-state index in [0.717, 1.165) is 44.5 Å². The standard InChI is InChI=1S/C23H27N3O/c24-21-12-9-18-14-25(15-20(18)21)23(27)17-7-10-19(11-8-17)26-13-3-5-16-4-1-2-6-22(16)26/h1-2,4,6-8,10-11,18,20-21H,3,5,9,12-15,24H2. The Kier molecular flexibility index (Phi) is 4.16. The molecule has 1 saturated carbocycles. The Hall–Kier alpha value is -2.33. The van der Waals surface area contributed by atoms with Gasteiger partial charge in [0, 0.05) is 42.6 Å². The number of carbonyl (C=O) groups is 1. The molecule has 5 rings (SSSR count). The van der Waals surface area contributed by atoms with Crippen LogP contribution in [0.3, 0.4) is 0 Å². The lowest BCUT2D eigenvalue weighted by Gasteiger charge is -2.31. The predicted molar refractivity (Wildman–Crippen MR) is 108 cm³/mol. The highest BCUT2D eigenvalue weighted by molar-refractivity contribution is 5.95. The van der Waals surface area contributed by atoms with Gasteiger partial charge in [0.2, 0.25) is 0 Å². The van der Waals surface area contributed by atoms with Crippen LogP contribution in [-0.2, 0) is 6.42 Å². The molecular formula is C23H27N3O. The van der Waals surface area contributed by atoms with Crippen LogP contribution in [0.15, 0.2) is 48.5 Å². The number of fused-ring (bicyclic) bond motifs is 2. The molecular weight excluding hydrogens is 334 g/mol. The van der Waals surface area contributed by atoms with E-state index in [1.807, 2.05) is 17.0 Å². The summed E-state index contributed by atoms with van der Waals surface area (Å²) in [4.78, 5) is 17.3. The van der Waals surface area contributed by atoms with Gasteiger partial charge < -0.3 is 15.5 Å². The maximum absolute atomic E-state index is 12.9. The van der Waals surface area contributed by atoms with Gasteiger partial charge in [-0.3, -0.25) is 4.79 Å². The first kappa shape index (κ1) is 16.8. The van der Waals surface area contributed by atoms with Crippen molar-refractivity contribution in [3.8, 4) is 0 Å². The minimum atomic E-state index is 0.155. The minimum Gasteiger partial charge on any atom is -0.341 e. The number of hydrogen-bond donors (Lipinski definition) is 1. The van der Waals surface area contributed by atoms with E-state index in [1.54, 1.807) is 0 Å². The van der Waals surface area contributed by atoms with Crippen molar-refractivity contribution in [2.75, 3.05) is 24.5 Å². The maximum atomic E-state index is 12.9. The molecule has 3 unspecified atom stereocenters. The van der Waals surface area contributed by atoms with E-state index in [1.165, 1.54) is 23.4 Å². The van der Waals surface area contributed by atoms with Gasteiger partial charge in [0.15, 0.2) is 0 Å². The van der Waals surface area contributed by atoms with Crippen molar-refractivity contribution < 1.29 is 4.79 Å². The average molecular weight is 361 g/mol. The molecule has 3 atom stereocenters. The summed E-state index contributed by atoms with van der Waals surface area (Å²) in [5.41, 5.74) is 10.9. The topological polar surface area (TPSA) is 49.6 Å². The molecule has 2 aromatic rings. The SMILES string of the molecule is NC1CCC2CN(C(=O)c3ccc(N4CCCc5ccccc54)cc3)CC12. The number of amides is 1. The highest BCUT2D eigenvalue weighted by Crippen LogP contribution is 2.38. The monoisotopic (exact) mass is 361 g/mol. The lowest BCUT2D eigenvalue weighted by Crippen LogP contribution is -2.33. The number of benzene rings is 2. The van der Waals surface area contributed by atoms with Crippen molar-refractivity contribution >= 4 is 17.3 Å². The van der Waals surface area contributed by atoms with Crippen molar-refractivity contribution in [3.63, 3.8) is 0 Å². The van der Waals surface area contributed by atoms with Crippen molar-refractivity contribution in [1.29, 1.82) is 0 Å². The summed E-state index contributed by atoms with van der Waals surface area (Å²) in [7, 11) is 0. The summed E-state index contributed by atoms with van der Waals surface area (Å²) in [5.74, 6) is 1.26. The number of anilines is 2. The van der Waals surface area contributed by atoms with Crippen molar-refractivity contribution in [2.45, 2.75) is 31.7 Å². The van der Waals surface area contributed by atoms with E-state index < -0.39 is 0 Å². The van der Waals surface area contributed by atoms with Crippen LogP contribution < -0.4 is 10.6 Å². The zero-order valence-corrected chi connectivity index (χ0v) is 15.7. The Morgan fingerprint density at radius 1 is 1.00 bits per heavy atom. The molecule has 2 N–H and O–H groups in total. The molecule has 0 radical (unpaired) electrons. The number of aryl methyl sites for hydroxylation is 1. The number of rotatable bonds is 2. The Labute approximate surface area is 161 Å². The quantitative estimate of drug-likeness (QED) is 0.889. The second-order valence-electron chi connectivity index (χ2n) is 8.31. The molecule has 2 heterocycles. The molecule has 0 aromatic heterocycles. The second-order valence-corrected chi connectivity index (χ2v) is 8.31. The molecule has 0 spiro atoms. The normalized spacial score (nSPS) is 26.8. The summed E-state index contributed by atoms with van der Waals surface area (Å²) in [6, 6.07) is 17.1. The first-order chi connectivity index (χ1) is 13.2. The van der Waals surface area contributed by atoms with E-state index >= 15 is 0 Å². The molecule has 4 nitrogen and oxygen atoms in total. The van der Waals surface area contributed by atoms with E-state index in [9.17, 15) is 4.79 Å². The third kappa shape index (κ3) is 2.92. The maximum Gasteiger partial charge on any atom is 0.253 e. The molecule has 140 valence electrons. The van der Waals surface area contributed by atoms with Crippen molar-refractivity contribution in [1.82, 2.24) is 4.90 Å². The van der Waals surface area contributed by atoms with Crippen molar-refractivity contribution in [2.24, 2.45) is 17.6 Å². The Morgan fingerprint density at radius 2 is 1.81 bits per heavy atom. The second kappa shape index (κ2) is 6.68. The molecule has 2 aliphatic heterocycles. The Morgan fingerprint density at radius 3 is 2.63 bits per heavy atom. The predicted octanol–water partition coefficient (Wildman–Crippen LogP) is 3.58. The lowest BCUT2D eigenvalue weighted by atomic mass is 9.98. The third-order valence-corrected chi connectivity index (χ3v) is 6.74. The van der Waals surface area contributed by atoms with Gasteiger partial charge in [-0.15, -0.1) is 0 Å². The molecule has 0 bridgehead atoms. The van der Waals surface area contributed by atoms with E-state index in [4.69, 9.17) is 5.73 Å². The van der Waals surface area contributed by atoms with Gasteiger partial charge in [-0.05, 0) is 73.4 Å². The number of carbonyl (C=O) groups excluding carboxylic acids is 1. The fraction of sp³-hybridized carbons (Fsp3) is 0.435. The van der Waals surface area contributed by atoms with Gasteiger partial charge in [0.25, 0.3) is 5.91 Å². The van der Waals surface area contributed by atoms with Crippen molar-refractivity contribution in [3.05, 3.63) is 59.7 Å². The number of likely N-dealkylation sites (tertiary alicyclic amines) is 1. The highest BCUT2D eigenvalue weighted by Gasteiger charge is 2.42. The fourth-order valence-electron chi connectivity index (χ4n) is 5.24. The molecule has 2 fully saturated rings. The smallest absolute Gasteiger partial charge is 0.253 e. The number of nitrogens with two attached hydrogens (primary N) is 1. The number of hydrogen-bond acceptors (Lipinski definition) is 3. The third-order valence-electron chi connectivity index (χ3n) is 6.74. The first-order valence-electron chi connectivity index (χ1n) is 10.2. The lowest BCUT2D eigenvalue weighted by molar-refractivity contribution is 0.0779. The molecule has 1 aliphatic carbocycles. The van der Waals surface area contributed by atoms with E-state index in [2.05, 4.69) is 41.3 Å². The Balaban J connectivity index is 1.33. The number of para-hydroxylation sites is 1. The van der Waals surface area contributed by atoms with Gasteiger partial charge in [0.05, 0.1) is 0 Å². The molecule has 1 amide bonds. The summed E-state index contributed by atoms with van der Waals surface area (Å²) in [6.45, 7) is 2.72. The van der Waals surface area contributed by atoms with Gasteiger partial charge in [0.1, 0.15) is 0 Å². The summed E-state index contributed by atoms with van der Waals surface area (Å²) in [5, 5.41) is 0. The van der Waals surface area contributed by atoms with Crippen LogP contribution in [0.25, 0.3) is 0 Å². The van der Waals surface area contributed by atoms with Crippen LogP contribution >= 0.6 is 0 Å². The van der Waals surface area contributed by atoms with Crippen LogP contribution in [0, 0.1) is 11.8 Å². The van der Waals surface area contributed by atoms with Gasteiger partial charge in [-0.1, -0.05) is 18.2 Å². The molecule has 3 aliphatic rings. The van der Waals surface area contributed by atoms with Gasteiger partial charge in [-0.25, -0.2) is 0 Å². The van der Waals surface area contributed by atoms with Crippen LogP contribution in [0.2, 0.25) is 0 Å². The van der Waals surface area contributed by atoms with Crippen LogP contribution in [0.1, 0.15) is 35.2 Å². The zero-order chi connectivity index (χ0) is 18.4. The van der Waals surface area contributed by atoms with E-state index in [0.29, 0.717) is 11.8 Å². The molecule has 1 saturated heterocycles. The van der Waals surface area contributed by atoms with Crippen LogP contribution in [-0.4, -0.2) is 36.5 Å². The van der Waals surface area contributed by atoms with Crippen LogP contribution in [0.4, 0.5) is 11.4 Å². The molecule has 2 aromatic carbocycles. The molecule has 4 heteroatoms. The Bertz CT molecular complexity index is 847. The molecule has 27 heavy (non-hydrogen) atoms. The zero-order valence-electron chi connectivity index (χ0n) is 15.7. The largest absolute Gasteiger partial charge is 0.341 e. The average Bonchev–Trinajstić information content (AvgIpc) is 3.29. The fourth-order valence-corrected chi connectivity index (χ4v) is 5.24. The summed E-state index contributed by atoms with van der Waals surface area (Å²) in [6.07, 6.45) is 4.59. The highest BCUT2D eigenvalue weighted by atomic mass is 16.2. The number of nitrogens with zero attached hydrogens (tertiary/aromatic N) is 2. The summed E-state index contributed by atoms with van der Waals surface area (Å²) < 4.78 is 0. The van der Waals surface area contributed by atoms with Crippen LogP contribution in [0.5, 0.6) is 0 Å². The first-order valence-corrected chi connectivity index (χ1v) is 10.2. The van der Waals surface area contributed by atoms with Gasteiger partial charge in [-0.2, -0.15) is 0 Å². The van der Waals surface area contributed by atoms with Gasteiger partial charge >= 0.3 is 0 Å². The minimum absolute atomic E-state index is 0.155. The van der Waals surface area contributed by atoms with E-state index in [-0.39, 0.29) is 11.9 Å². The summed E-state index contributed by atoms with van der Waals surface area (Å²) >= 11 is 0.